The minimum absolute atomic E-state index is 0.110. The van der Waals surface area contributed by atoms with Crippen LogP contribution in [-0.2, 0) is 0 Å². The Labute approximate surface area is 109 Å². The van der Waals surface area contributed by atoms with E-state index in [1.807, 2.05) is 58.0 Å². The summed E-state index contributed by atoms with van der Waals surface area (Å²) in [6.07, 6.45) is 0. The van der Waals surface area contributed by atoms with Gasteiger partial charge in [0.1, 0.15) is 5.75 Å². The highest BCUT2D eigenvalue weighted by Crippen LogP contribution is 2.12. The largest absolute Gasteiger partial charge is 0.473 e. The zero-order valence-electron chi connectivity index (χ0n) is 11.6. The first kappa shape index (κ1) is 14.4. The van der Waals surface area contributed by atoms with Gasteiger partial charge in [-0.2, -0.15) is 0 Å². The van der Waals surface area contributed by atoms with Crippen LogP contribution >= 0.6 is 0 Å². The number of carbonyl (C=O) groups excluding carboxylic acids is 1. The molecule has 0 aliphatic heterocycles. The summed E-state index contributed by atoms with van der Waals surface area (Å²) in [7, 11) is 0. The Hall–Kier alpha value is -1.71. The van der Waals surface area contributed by atoms with Gasteiger partial charge in [0.25, 0.3) is 0 Å². The molecule has 0 aliphatic rings. The van der Waals surface area contributed by atoms with Gasteiger partial charge in [0.2, 0.25) is 0 Å². The fraction of sp³-hybridized carbons (Fsp3) is 0.500. The van der Waals surface area contributed by atoms with Gasteiger partial charge in [-0.25, -0.2) is 4.79 Å². The Balaban J connectivity index is 2.41. The lowest BCUT2D eigenvalue weighted by atomic mass is 10.1. The first-order valence-corrected chi connectivity index (χ1v) is 6.18. The van der Waals surface area contributed by atoms with E-state index in [4.69, 9.17) is 4.74 Å². The number of amides is 2. The normalized spacial score (nSPS) is 10.9. The van der Waals surface area contributed by atoms with Gasteiger partial charge in [-0.1, -0.05) is 18.2 Å². The van der Waals surface area contributed by atoms with Crippen molar-refractivity contribution < 1.29 is 9.53 Å². The maximum Gasteiger partial charge on any atom is 0.320 e. The van der Waals surface area contributed by atoms with Gasteiger partial charge in [0.05, 0.1) is 0 Å². The molecule has 1 rings (SSSR count). The van der Waals surface area contributed by atoms with Gasteiger partial charge in [0, 0.05) is 12.1 Å². The highest BCUT2D eigenvalue weighted by Gasteiger charge is 2.24. The Kier molecular flexibility index (Phi) is 5.01. The molecule has 1 aromatic rings. The number of ether oxygens (including phenoxy) is 1. The summed E-state index contributed by atoms with van der Waals surface area (Å²) < 4.78 is 5.43. The standard InChI is InChI=1S/C14H22N2O2/c1-5-16(14(2,3)4)13(17)15-11-18-12-9-7-6-8-10-12/h6-10H,5,11H2,1-4H3,(H,15,17). The highest BCUT2D eigenvalue weighted by atomic mass is 16.5. The lowest BCUT2D eigenvalue weighted by molar-refractivity contribution is 0.141. The van der Waals surface area contributed by atoms with Crippen molar-refractivity contribution in [2.75, 3.05) is 13.3 Å². The number of nitrogens with zero attached hydrogens (tertiary/aromatic N) is 1. The van der Waals surface area contributed by atoms with Gasteiger partial charge in [-0.05, 0) is 39.8 Å². The van der Waals surface area contributed by atoms with Crippen molar-refractivity contribution in [3.05, 3.63) is 30.3 Å². The minimum atomic E-state index is -0.189. The molecule has 0 saturated carbocycles. The molecule has 18 heavy (non-hydrogen) atoms. The average molecular weight is 250 g/mol. The van der Waals surface area contributed by atoms with Gasteiger partial charge in [0.15, 0.2) is 6.73 Å². The smallest absolute Gasteiger partial charge is 0.320 e. The fourth-order valence-corrected chi connectivity index (χ4v) is 1.72. The third kappa shape index (κ3) is 4.28. The van der Waals surface area contributed by atoms with Gasteiger partial charge in [-0.15, -0.1) is 0 Å². The molecule has 0 radical (unpaired) electrons. The Morgan fingerprint density at radius 1 is 1.28 bits per heavy atom. The molecule has 4 heteroatoms. The number of rotatable bonds is 4. The van der Waals surface area contributed by atoms with Crippen LogP contribution in [0.3, 0.4) is 0 Å². The third-order valence-electron chi connectivity index (χ3n) is 2.58. The zero-order valence-corrected chi connectivity index (χ0v) is 11.6. The maximum atomic E-state index is 11.9. The number of hydrogen-bond donors (Lipinski definition) is 1. The van der Waals surface area contributed by atoms with Crippen LogP contribution in [0.1, 0.15) is 27.7 Å². The lowest BCUT2D eigenvalue weighted by Crippen LogP contribution is -2.50. The summed E-state index contributed by atoms with van der Waals surface area (Å²) >= 11 is 0. The summed E-state index contributed by atoms with van der Waals surface area (Å²) in [5.74, 6) is 0.747. The molecule has 2 amide bonds. The topological polar surface area (TPSA) is 41.6 Å². The average Bonchev–Trinajstić information content (AvgIpc) is 2.29. The summed E-state index contributed by atoms with van der Waals surface area (Å²) in [4.78, 5) is 13.7. The van der Waals surface area contributed by atoms with E-state index < -0.39 is 0 Å². The lowest BCUT2D eigenvalue weighted by Gasteiger charge is -2.34. The van der Waals surface area contributed by atoms with Gasteiger partial charge < -0.3 is 15.0 Å². The SMILES string of the molecule is CCN(C(=O)NCOc1ccccc1)C(C)(C)C. The van der Waals surface area contributed by atoms with E-state index in [-0.39, 0.29) is 18.3 Å². The van der Waals surface area contributed by atoms with E-state index in [2.05, 4.69) is 5.32 Å². The van der Waals surface area contributed by atoms with E-state index in [1.165, 1.54) is 0 Å². The fourth-order valence-electron chi connectivity index (χ4n) is 1.72. The van der Waals surface area contributed by atoms with Crippen LogP contribution in [0.15, 0.2) is 30.3 Å². The van der Waals surface area contributed by atoms with E-state index in [1.54, 1.807) is 4.90 Å². The van der Waals surface area contributed by atoms with E-state index in [0.29, 0.717) is 6.54 Å². The quantitative estimate of drug-likeness (QED) is 0.835. The van der Waals surface area contributed by atoms with Crippen molar-refractivity contribution >= 4 is 6.03 Å². The predicted octanol–water partition coefficient (Wildman–Crippen LogP) is 2.85. The first-order chi connectivity index (χ1) is 8.45. The Morgan fingerprint density at radius 3 is 2.39 bits per heavy atom. The molecule has 0 unspecified atom stereocenters. The van der Waals surface area contributed by atoms with Crippen LogP contribution < -0.4 is 10.1 Å². The predicted molar refractivity (Wildman–Crippen MR) is 72.6 cm³/mol. The number of carbonyl (C=O) groups is 1. The van der Waals surface area contributed by atoms with Crippen molar-refractivity contribution in [1.82, 2.24) is 10.2 Å². The number of urea groups is 1. The summed E-state index contributed by atoms with van der Waals surface area (Å²) in [5, 5.41) is 2.75. The molecule has 100 valence electrons. The molecule has 0 heterocycles. The van der Waals surface area contributed by atoms with E-state index in [9.17, 15) is 4.79 Å². The molecule has 0 fully saturated rings. The van der Waals surface area contributed by atoms with Gasteiger partial charge in [-0.3, -0.25) is 0 Å². The summed E-state index contributed by atoms with van der Waals surface area (Å²) in [5.41, 5.74) is -0.189. The molecular weight excluding hydrogens is 228 g/mol. The summed E-state index contributed by atoms with van der Waals surface area (Å²) in [6, 6.07) is 9.31. The summed E-state index contributed by atoms with van der Waals surface area (Å²) in [6.45, 7) is 8.83. The number of hydrogen-bond acceptors (Lipinski definition) is 2. The molecular formula is C14H22N2O2. The Morgan fingerprint density at radius 2 is 1.89 bits per heavy atom. The third-order valence-corrected chi connectivity index (χ3v) is 2.58. The number of benzene rings is 1. The molecule has 0 spiro atoms. The molecule has 0 aliphatic carbocycles. The second-order valence-corrected chi connectivity index (χ2v) is 5.00. The minimum Gasteiger partial charge on any atom is -0.473 e. The monoisotopic (exact) mass is 250 g/mol. The van der Waals surface area contributed by atoms with Gasteiger partial charge >= 0.3 is 6.03 Å². The van der Waals surface area contributed by atoms with Crippen molar-refractivity contribution in [2.24, 2.45) is 0 Å². The molecule has 0 aromatic heterocycles. The van der Waals surface area contributed by atoms with Crippen molar-refractivity contribution in [2.45, 2.75) is 33.2 Å². The Bertz CT molecular complexity index is 371. The van der Waals surface area contributed by atoms with Crippen molar-refractivity contribution in [1.29, 1.82) is 0 Å². The van der Waals surface area contributed by atoms with Crippen LogP contribution in [0.5, 0.6) is 5.75 Å². The maximum absolute atomic E-state index is 11.9. The molecule has 4 nitrogen and oxygen atoms in total. The number of para-hydroxylation sites is 1. The van der Waals surface area contributed by atoms with Crippen LogP contribution in [0.2, 0.25) is 0 Å². The molecule has 0 saturated heterocycles. The van der Waals surface area contributed by atoms with Crippen molar-refractivity contribution in [3.63, 3.8) is 0 Å². The first-order valence-electron chi connectivity index (χ1n) is 6.18. The van der Waals surface area contributed by atoms with Crippen LogP contribution in [0, 0.1) is 0 Å². The zero-order chi connectivity index (χ0) is 13.6. The van der Waals surface area contributed by atoms with Crippen LogP contribution in [-0.4, -0.2) is 29.7 Å². The molecule has 0 atom stereocenters. The molecule has 0 bridgehead atoms. The van der Waals surface area contributed by atoms with Crippen LogP contribution in [0.25, 0.3) is 0 Å². The highest BCUT2D eigenvalue weighted by molar-refractivity contribution is 5.74. The number of nitrogens with one attached hydrogen (secondary N) is 1. The second-order valence-electron chi connectivity index (χ2n) is 5.00. The second kappa shape index (κ2) is 6.28. The van der Waals surface area contributed by atoms with E-state index >= 15 is 0 Å². The van der Waals surface area contributed by atoms with E-state index in [0.717, 1.165) is 5.75 Å². The molecule has 1 aromatic carbocycles. The van der Waals surface area contributed by atoms with Crippen molar-refractivity contribution in [3.8, 4) is 5.75 Å². The van der Waals surface area contributed by atoms with Crippen LogP contribution in [0.4, 0.5) is 4.79 Å². The molecule has 1 N–H and O–H groups in total.